The van der Waals surface area contributed by atoms with Gasteiger partial charge in [0.1, 0.15) is 0 Å². The Morgan fingerprint density at radius 1 is 1.30 bits per heavy atom. The number of thiophene rings is 1. The fraction of sp³-hybridized carbons (Fsp3) is 0.412. The lowest BCUT2D eigenvalue weighted by molar-refractivity contribution is 0.487. The Morgan fingerprint density at radius 3 is 2.74 bits per heavy atom. The Balaban J connectivity index is 0.00000264. The van der Waals surface area contributed by atoms with Gasteiger partial charge in [0.2, 0.25) is 0 Å². The first-order chi connectivity index (χ1) is 10.7. The van der Waals surface area contributed by atoms with Crippen LogP contribution in [0.2, 0.25) is 0 Å². The number of pyridine rings is 1. The first-order valence-corrected chi connectivity index (χ1v) is 8.42. The average molecular weight is 444 g/mol. The number of aliphatic imine (C=N–C) groups is 1. The van der Waals surface area contributed by atoms with Crippen LogP contribution in [0.4, 0.5) is 0 Å². The van der Waals surface area contributed by atoms with Crippen molar-refractivity contribution < 1.29 is 0 Å². The van der Waals surface area contributed by atoms with E-state index in [2.05, 4.69) is 56.9 Å². The molecule has 4 nitrogen and oxygen atoms in total. The molecule has 0 radical (unpaired) electrons. The van der Waals surface area contributed by atoms with Crippen LogP contribution in [0.1, 0.15) is 16.1 Å². The van der Waals surface area contributed by atoms with Crippen molar-refractivity contribution in [3.8, 4) is 0 Å². The molecule has 0 saturated carbocycles. The molecule has 23 heavy (non-hydrogen) atoms. The molecule has 1 N–H and O–H groups in total. The summed E-state index contributed by atoms with van der Waals surface area (Å²) in [5.74, 6) is 0.941. The third-order valence-corrected chi connectivity index (χ3v) is 4.45. The molecule has 126 valence electrons. The molecule has 0 amide bonds. The minimum Gasteiger partial charge on any atom is -0.356 e. The third kappa shape index (κ3) is 6.87. The second-order valence-electron chi connectivity index (χ2n) is 5.28. The molecule has 0 aliphatic rings. The number of nitrogens with one attached hydrogen (secondary N) is 1. The molecule has 2 rings (SSSR count). The van der Waals surface area contributed by atoms with Crippen molar-refractivity contribution in [1.82, 2.24) is 15.2 Å². The molecule has 0 aliphatic carbocycles. The summed E-state index contributed by atoms with van der Waals surface area (Å²) in [7, 11) is 3.91. The van der Waals surface area contributed by atoms with E-state index in [-0.39, 0.29) is 24.0 Å². The molecule has 0 spiro atoms. The van der Waals surface area contributed by atoms with E-state index in [0.717, 1.165) is 37.6 Å². The number of halogens is 1. The highest BCUT2D eigenvalue weighted by atomic mass is 127. The fourth-order valence-electron chi connectivity index (χ4n) is 2.19. The quantitative estimate of drug-likeness (QED) is 0.422. The molecular weight excluding hydrogens is 419 g/mol. The maximum atomic E-state index is 4.35. The predicted molar refractivity (Wildman–Crippen MR) is 110 cm³/mol. The van der Waals surface area contributed by atoms with Crippen LogP contribution in [0.25, 0.3) is 0 Å². The molecule has 6 heteroatoms. The van der Waals surface area contributed by atoms with Crippen LogP contribution in [0.5, 0.6) is 0 Å². The lowest BCUT2D eigenvalue weighted by Gasteiger charge is -2.21. The number of nitrogens with zero attached hydrogens (tertiary/aromatic N) is 3. The Morgan fingerprint density at radius 2 is 2.13 bits per heavy atom. The highest BCUT2D eigenvalue weighted by Crippen LogP contribution is 2.09. The molecule has 0 unspecified atom stereocenters. The van der Waals surface area contributed by atoms with Crippen LogP contribution in [0.15, 0.2) is 40.8 Å². The summed E-state index contributed by atoms with van der Waals surface area (Å²) in [4.78, 5) is 12.3. The van der Waals surface area contributed by atoms with E-state index in [0.29, 0.717) is 0 Å². The summed E-state index contributed by atoms with van der Waals surface area (Å²) in [5, 5.41) is 5.54. The molecule has 2 heterocycles. The summed E-state index contributed by atoms with van der Waals surface area (Å²) in [6.45, 7) is 3.83. The van der Waals surface area contributed by atoms with Crippen molar-refractivity contribution in [3.63, 3.8) is 0 Å². The van der Waals surface area contributed by atoms with Gasteiger partial charge in [-0.1, -0.05) is 12.1 Å². The molecule has 0 aromatic carbocycles. The molecule has 0 saturated heterocycles. The van der Waals surface area contributed by atoms with Crippen LogP contribution >= 0.6 is 35.3 Å². The maximum Gasteiger partial charge on any atom is 0.193 e. The molecule has 0 bridgehead atoms. The van der Waals surface area contributed by atoms with Gasteiger partial charge in [0.25, 0.3) is 0 Å². The molecule has 2 aromatic rings. The van der Waals surface area contributed by atoms with Crippen molar-refractivity contribution in [1.29, 1.82) is 0 Å². The summed E-state index contributed by atoms with van der Waals surface area (Å²) >= 11 is 1.81. The topological polar surface area (TPSA) is 40.5 Å². The smallest absolute Gasteiger partial charge is 0.193 e. The maximum absolute atomic E-state index is 4.35. The van der Waals surface area contributed by atoms with Crippen molar-refractivity contribution in [2.75, 3.05) is 27.2 Å². The van der Waals surface area contributed by atoms with Gasteiger partial charge in [0.05, 0.1) is 0 Å². The molecule has 2 aromatic heterocycles. The number of hydrogen-bond acceptors (Lipinski definition) is 3. The van der Waals surface area contributed by atoms with E-state index in [9.17, 15) is 0 Å². The van der Waals surface area contributed by atoms with E-state index in [1.165, 1.54) is 10.4 Å². The summed E-state index contributed by atoms with van der Waals surface area (Å²) in [6, 6.07) is 8.46. The zero-order valence-corrected chi connectivity index (χ0v) is 17.1. The van der Waals surface area contributed by atoms with Crippen LogP contribution in [-0.2, 0) is 12.8 Å². The molecule has 0 aliphatic heterocycles. The fourth-order valence-corrected chi connectivity index (χ4v) is 2.89. The Bertz CT molecular complexity index is 581. The van der Waals surface area contributed by atoms with Crippen molar-refractivity contribution in [2.24, 2.45) is 4.99 Å². The zero-order chi connectivity index (χ0) is 15.8. The van der Waals surface area contributed by atoms with Gasteiger partial charge in [0.15, 0.2) is 5.96 Å². The summed E-state index contributed by atoms with van der Waals surface area (Å²) in [6.07, 6.45) is 3.95. The minimum atomic E-state index is 0. The lowest BCUT2D eigenvalue weighted by Crippen LogP contribution is -2.40. The van der Waals surface area contributed by atoms with Crippen molar-refractivity contribution in [2.45, 2.75) is 19.8 Å². The van der Waals surface area contributed by atoms with E-state index in [1.54, 1.807) is 11.3 Å². The van der Waals surface area contributed by atoms with E-state index < -0.39 is 0 Å². The minimum absolute atomic E-state index is 0. The monoisotopic (exact) mass is 444 g/mol. The van der Waals surface area contributed by atoms with Gasteiger partial charge in [-0.15, -0.1) is 35.3 Å². The SMILES string of the molecule is CN=C(NCCc1ccc(C)nc1)N(C)CCc1cccs1.I. The zero-order valence-electron chi connectivity index (χ0n) is 14.0. The summed E-state index contributed by atoms with van der Waals surface area (Å²) < 4.78 is 0. The standard InChI is InChI=1S/C17H24N4S.HI/c1-14-6-7-15(13-20-14)8-10-19-17(18-2)21(3)11-9-16-5-4-12-22-16;/h4-7,12-13H,8-11H2,1-3H3,(H,18,19);1H. The number of aromatic nitrogens is 1. The van der Waals surface area contributed by atoms with Crippen LogP contribution in [0.3, 0.4) is 0 Å². The Kier molecular flexibility index (Phi) is 9.16. The second-order valence-corrected chi connectivity index (χ2v) is 6.31. The van der Waals surface area contributed by atoms with Crippen LogP contribution in [-0.4, -0.2) is 43.0 Å². The van der Waals surface area contributed by atoms with Gasteiger partial charge < -0.3 is 10.2 Å². The van der Waals surface area contributed by atoms with Crippen LogP contribution in [0, 0.1) is 6.92 Å². The van der Waals surface area contributed by atoms with Crippen molar-refractivity contribution >= 4 is 41.3 Å². The van der Waals surface area contributed by atoms with E-state index in [4.69, 9.17) is 0 Å². The molecule has 0 atom stereocenters. The first kappa shape index (κ1) is 19.9. The van der Waals surface area contributed by atoms with Gasteiger partial charge in [-0.2, -0.15) is 0 Å². The Labute approximate surface area is 160 Å². The number of guanidine groups is 1. The normalized spacial score (nSPS) is 11.0. The first-order valence-electron chi connectivity index (χ1n) is 7.54. The van der Waals surface area contributed by atoms with Gasteiger partial charge in [-0.05, 0) is 42.8 Å². The average Bonchev–Trinajstić information content (AvgIpc) is 3.04. The van der Waals surface area contributed by atoms with E-state index in [1.807, 2.05) is 20.2 Å². The number of rotatable bonds is 6. The highest BCUT2D eigenvalue weighted by molar-refractivity contribution is 14.0. The highest BCUT2D eigenvalue weighted by Gasteiger charge is 2.06. The summed E-state index contributed by atoms with van der Waals surface area (Å²) in [5.41, 5.74) is 2.30. The Hall–Kier alpha value is -1.15. The second kappa shape index (κ2) is 10.6. The van der Waals surface area contributed by atoms with Crippen molar-refractivity contribution in [3.05, 3.63) is 52.0 Å². The van der Waals surface area contributed by atoms with Gasteiger partial charge >= 0.3 is 0 Å². The van der Waals surface area contributed by atoms with Gasteiger partial charge in [0, 0.05) is 44.0 Å². The van der Waals surface area contributed by atoms with E-state index >= 15 is 0 Å². The van der Waals surface area contributed by atoms with Crippen LogP contribution < -0.4 is 5.32 Å². The van der Waals surface area contributed by atoms with Gasteiger partial charge in [-0.3, -0.25) is 9.98 Å². The number of hydrogen-bond donors (Lipinski definition) is 1. The molecular formula is C17H25IN4S. The number of likely N-dealkylation sites (N-methyl/N-ethyl adjacent to an activating group) is 1. The lowest BCUT2D eigenvalue weighted by atomic mass is 10.2. The van der Waals surface area contributed by atoms with Gasteiger partial charge in [-0.25, -0.2) is 0 Å². The molecule has 0 fully saturated rings. The predicted octanol–water partition coefficient (Wildman–Crippen LogP) is 3.36. The largest absolute Gasteiger partial charge is 0.356 e. The third-order valence-electron chi connectivity index (χ3n) is 3.52. The number of aryl methyl sites for hydroxylation is 1.